The molecule has 0 aromatic heterocycles. The molecule has 0 unspecified atom stereocenters. The van der Waals surface area contributed by atoms with Gasteiger partial charge in [-0.1, -0.05) is 12.1 Å². The van der Waals surface area contributed by atoms with Crippen molar-refractivity contribution >= 4 is 21.4 Å². The van der Waals surface area contributed by atoms with E-state index in [1.165, 1.54) is 43.4 Å². The lowest BCUT2D eigenvalue weighted by Crippen LogP contribution is -2.27. The van der Waals surface area contributed by atoms with Gasteiger partial charge in [0, 0.05) is 13.1 Å². The second-order valence-electron chi connectivity index (χ2n) is 4.86. The Bertz CT molecular complexity index is 917. The van der Waals surface area contributed by atoms with Gasteiger partial charge in [0.05, 0.1) is 22.2 Å². The molecule has 0 saturated heterocycles. The Labute approximate surface area is 133 Å². The van der Waals surface area contributed by atoms with Crippen molar-refractivity contribution in [2.75, 3.05) is 11.4 Å². The van der Waals surface area contributed by atoms with Gasteiger partial charge in [0.2, 0.25) is 0 Å². The molecule has 0 aliphatic heterocycles. The fourth-order valence-electron chi connectivity index (χ4n) is 2.05. The van der Waals surface area contributed by atoms with Gasteiger partial charge in [0.15, 0.2) is 4.90 Å². The number of nitro groups is 1. The average molecular weight is 331 g/mol. The number of hydrogen-bond donors (Lipinski definition) is 0. The van der Waals surface area contributed by atoms with Crippen molar-refractivity contribution in [3.63, 3.8) is 0 Å². The summed E-state index contributed by atoms with van der Waals surface area (Å²) in [6.45, 7) is 1.64. The van der Waals surface area contributed by atoms with Crippen molar-refractivity contribution in [1.29, 1.82) is 5.26 Å². The topological polar surface area (TPSA) is 104 Å². The van der Waals surface area contributed by atoms with Crippen molar-refractivity contribution in [2.24, 2.45) is 0 Å². The fraction of sp³-hybridized carbons (Fsp3) is 0.133. The molecule has 7 nitrogen and oxygen atoms in total. The second-order valence-corrected chi connectivity index (χ2v) is 6.80. The smallest absolute Gasteiger partial charge is 0.269 e. The predicted octanol–water partition coefficient (Wildman–Crippen LogP) is 2.60. The first-order chi connectivity index (χ1) is 10.8. The summed E-state index contributed by atoms with van der Waals surface area (Å²) in [4.78, 5) is 10.0. The molecule has 0 radical (unpaired) electrons. The maximum absolute atomic E-state index is 12.7. The van der Waals surface area contributed by atoms with Gasteiger partial charge in [-0.2, -0.15) is 5.26 Å². The summed E-state index contributed by atoms with van der Waals surface area (Å²) in [5.74, 6) is 0. The van der Waals surface area contributed by atoms with Crippen LogP contribution in [-0.2, 0) is 10.0 Å². The molecule has 0 aliphatic rings. The van der Waals surface area contributed by atoms with E-state index in [1.807, 2.05) is 6.07 Å². The first-order valence-corrected chi connectivity index (χ1v) is 7.95. The van der Waals surface area contributed by atoms with Crippen LogP contribution in [0.1, 0.15) is 11.1 Å². The van der Waals surface area contributed by atoms with Crippen LogP contribution in [0.4, 0.5) is 11.4 Å². The Morgan fingerprint density at radius 3 is 2.52 bits per heavy atom. The Kier molecular flexibility index (Phi) is 4.33. The molecule has 0 bridgehead atoms. The van der Waals surface area contributed by atoms with Gasteiger partial charge in [0.1, 0.15) is 0 Å². The molecule has 2 aromatic rings. The van der Waals surface area contributed by atoms with Gasteiger partial charge in [-0.15, -0.1) is 0 Å². The van der Waals surface area contributed by atoms with Gasteiger partial charge in [0.25, 0.3) is 15.7 Å². The maximum atomic E-state index is 12.7. The molecular formula is C15H13N3O4S. The summed E-state index contributed by atoms with van der Waals surface area (Å²) in [6.07, 6.45) is 0. The first kappa shape index (κ1) is 16.5. The minimum absolute atomic E-state index is 0.249. The standard InChI is InChI=1S/C15H13N3O4S/c1-11-6-7-15(14(8-11)18(19)20)23(21,22)17(2)13-5-3-4-12(9-13)10-16/h3-9H,1-2H3. The number of sulfonamides is 1. The van der Waals surface area contributed by atoms with Crippen molar-refractivity contribution in [3.05, 3.63) is 63.7 Å². The zero-order valence-electron chi connectivity index (χ0n) is 12.4. The Morgan fingerprint density at radius 1 is 1.22 bits per heavy atom. The number of benzene rings is 2. The number of nitriles is 1. The number of nitro benzene ring substituents is 1. The molecule has 0 spiro atoms. The molecule has 2 rings (SSSR count). The monoisotopic (exact) mass is 331 g/mol. The van der Waals surface area contributed by atoms with Crippen LogP contribution in [0, 0.1) is 28.4 Å². The molecule has 0 fully saturated rings. The highest BCUT2D eigenvalue weighted by Crippen LogP contribution is 2.30. The van der Waals surface area contributed by atoms with Crippen molar-refractivity contribution in [2.45, 2.75) is 11.8 Å². The van der Waals surface area contributed by atoms with Crippen LogP contribution in [-0.4, -0.2) is 20.4 Å². The summed E-state index contributed by atoms with van der Waals surface area (Å²) >= 11 is 0. The van der Waals surface area contributed by atoms with Gasteiger partial charge in [-0.3, -0.25) is 14.4 Å². The van der Waals surface area contributed by atoms with Crippen LogP contribution in [0.2, 0.25) is 0 Å². The van der Waals surface area contributed by atoms with E-state index < -0.39 is 25.5 Å². The summed E-state index contributed by atoms with van der Waals surface area (Å²) < 4.78 is 26.3. The minimum Gasteiger partial charge on any atom is -0.269 e. The van der Waals surface area contributed by atoms with Gasteiger partial charge >= 0.3 is 0 Å². The van der Waals surface area contributed by atoms with Crippen LogP contribution in [0.25, 0.3) is 0 Å². The Balaban J connectivity index is 2.58. The lowest BCUT2D eigenvalue weighted by Gasteiger charge is -2.19. The highest BCUT2D eigenvalue weighted by molar-refractivity contribution is 7.93. The number of nitrogens with zero attached hydrogens (tertiary/aromatic N) is 3. The van der Waals surface area contributed by atoms with E-state index >= 15 is 0 Å². The quantitative estimate of drug-likeness (QED) is 0.632. The third kappa shape index (κ3) is 3.14. The number of aryl methyl sites for hydroxylation is 1. The van der Waals surface area contributed by atoms with Gasteiger partial charge in [-0.05, 0) is 36.8 Å². The molecule has 2 aromatic carbocycles. The van der Waals surface area contributed by atoms with Crippen molar-refractivity contribution in [3.8, 4) is 6.07 Å². The Hall–Kier alpha value is -2.92. The highest BCUT2D eigenvalue weighted by atomic mass is 32.2. The first-order valence-electron chi connectivity index (χ1n) is 6.51. The Morgan fingerprint density at radius 2 is 1.91 bits per heavy atom. The molecule has 0 aliphatic carbocycles. The summed E-state index contributed by atoms with van der Waals surface area (Å²) in [7, 11) is -2.84. The molecule has 23 heavy (non-hydrogen) atoms. The minimum atomic E-state index is -4.13. The van der Waals surface area contributed by atoms with Crippen LogP contribution in [0.5, 0.6) is 0 Å². The third-order valence-corrected chi connectivity index (χ3v) is 5.12. The molecule has 0 amide bonds. The van der Waals surface area contributed by atoms with Gasteiger partial charge < -0.3 is 0 Å². The highest BCUT2D eigenvalue weighted by Gasteiger charge is 2.30. The average Bonchev–Trinajstić information content (AvgIpc) is 2.53. The van der Waals surface area contributed by atoms with Gasteiger partial charge in [-0.25, -0.2) is 8.42 Å². The van der Waals surface area contributed by atoms with Crippen LogP contribution < -0.4 is 4.31 Å². The molecular weight excluding hydrogens is 318 g/mol. The molecule has 118 valence electrons. The number of hydrogen-bond acceptors (Lipinski definition) is 5. The fourth-order valence-corrected chi connectivity index (χ4v) is 3.37. The number of rotatable bonds is 4. The second kappa shape index (κ2) is 6.06. The number of anilines is 1. The summed E-state index contributed by atoms with van der Waals surface area (Å²) in [5, 5.41) is 20.1. The molecule has 0 saturated carbocycles. The normalized spacial score (nSPS) is 10.8. The molecule has 8 heteroatoms. The third-order valence-electron chi connectivity index (χ3n) is 3.29. The van der Waals surface area contributed by atoms with E-state index in [4.69, 9.17) is 5.26 Å². The zero-order valence-corrected chi connectivity index (χ0v) is 13.2. The van der Waals surface area contributed by atoms with E-state index in [-0.39, 0.29) is 5.69 Å². The molecule has 0 heterocycles. The zero-order chi connectivity index (χ0) is 17.2. The SMILES string of the molecule is Cc1ccc(S(=O)(=O)N(C)c2cccc(C#N)c2)c([N+](=O)[O-])c1. The van der Waals surface area contributed by atoms with E-state index in [9.17, 15) is 18.5 Å². The predicted molar refractivity (Wildman–Crippen MR) is 84.6 cm³/mol. The molecule has 0 N–H and O–H groups in total. The van der Waals surface area contributed by atoms with Crippen LogP contribution >= 0.6 is 0 Å². The summed E-state index contributed by atoms with van der Waals surface area (Å²) in [5.41, 5.74) is 0.653. The lowest BCUT2D eigenvalue weighted by molar-refractivity contribution is -0.387. The molecule has 0 atom stereocenters. The largest absolute Gasteiger partial charge is 0.290 e. The van der Waals surface area contributed by atoms with Crippen LogP contribution in [0.3, 0.4) is 0 Å². The van der Waals surface area contributed by atoms with E-state index in [2.05, 4.69) is 0 Å². The lowest BCUT2D eigenvalue weighted by atomic mass is 10.2. The maximum Gasteiger partial charge on any atom is 0.290 e. The van der Waals surface area contributed by atoms with Crippen molar-refractivity contribution < 1.29 is 13.3 Å². The van der Waals surface area contributed by atoms with E-state index in [1.54, 1.807) is 13.0 Å². The van der Waals surface area contributed by atoms with E-state index in [0.717, 1.165) is 4.31 Å². The van der Waals surface area contributed by atoms with E-state index in [0.29, 0.717) is 11.1 Å². The van der Waals surface area contributed by atoms with Crippen molar-refractivity contribution in [1.82, 2.24) is 0 Å². The summed E-state index contributed by atoms with van der Waals surface area (Å²) in [6, 6.07) is 11.8. The van der Waals surface area contributed by atoms with Crippen LogP contribution in [0.15, 0.2) is 47.4 Å².